The molecule has 1 saturated heterocycles. The fourth-order valence-corrected chi connectivity index (χ4v) is 3.16. The summed E-state index contributed by atoms with van der Waals surface area (Å²) < 4.78 is 13.8. The molecule has 28 heavy (non-hydrogen) atoms. The molecule has 1 fully saturated rings. The molecule has 0 atom stereocenters. The molecule has 0 unspecified atom stereocenters. The van der Waals surface area contributed by atoms with Crippen LogP contribution in [0.25, 0.3) is 6.08 Å². The average molecular weight is 381 g/mol. The first-order valence-corrected chi connectivity index (χ1v) is 9.33. The van der Waals surface area contributed by atoms with Crippen molar-refractivity contribution < 1.29 is 14.0 Å². The fourth-order valence-electron chi connectivity index (χ4n) is 3.16. The Kier molecular flexibility index (Phi) is 6.55. The number of nitrogens with zero attached hydrogens (tertiary/aromatic N) is 2. The second-order valence-electron chi connectivity index (χ2n) is 6.78. The standard InChI is InChI=1S/C22H24FN3O2/c1-17(27)24-21-16-19(9-10-20(21)23)22(28)26-14-12-25(13-15-26)11-5-8-18-6-3-2-4-7-18/h2-10,16H,11-15H2,1H3,(H,24,27). The summed E-state index contributed by atoms with van der Waals surface area (Å²) >= 11 is 0. The van der Waals surface area contributed by atoms with E-state index in [2.05, 4.69) is 34.5 Å². The number of carbonyl (C=O) groups excluding carboxylic acids is 2. The van der Waals surface area contributed by atoms with E-state index in [0.717, 1.165) is 19.6 Å². The molecule has 0 saturated carbocycles. The van der Waals surface area contributed by atoms with Crippen LogP contribution in [-0.2, 0) is 4.79 Å². The molecule has 1 aliphatic heterocycles. The molecule has 146 valence electrons. The second kappa shape index (κ2) is 9.28. The van der Waals surface area contributed by atoms with Gasteiger partial charge in [0, 0.05) is 45.2 Å². The van der Waals surface area contributed by atoms with Crippen molar-refractivity contribution in [3.8, 4) is 0 Å². The summed E-state index contributed by atoms with van der Waals surface area (Å²) in [6, 6.07) is 14.2. The molecule has 3 rings (SSSR count). The maximum atomic E-state index is 13.8. The summed E-state index contributed by atoms with van der Waals surface area (Å²) in [4.78, 5) is 27.9. The van der Waals surface area contributed by atoms with Gasteiger partial charge in [-0.05, 0) is 23.8 Å². The van der Waals surface area contributed by atoms with Gasteiger partial charge in [0.05, 0.1) is 5.69 Å². The van der Waals surface area contributed by atoms with E-state index in [1.165, 1.54) is 30.7 Å². The normalized spacial score (nSPS) is 15.0. The lowest BCUT2D eigenvalue weighted by Gasteiger charge is -2.34. The number of halogens is 1. The SMILES string of the molecule is CC(=O)Nc1cc(C(=O)N2CCN(CC=Cc3ccccc3)CC2)ccc1F. The number of carbonyl (C=O) groups is 2. The third-order valence-electron chi connectivity index (χ3n) is 4.66. The Morgan fingerprint density at radius 1 is 1.07 bits per heavy atom. The van der Waals surface area contributed by atoms with E-state index < -0.39 is 5.82 Å². The van der Waals surface area contributed by atoms with Crippen molar-refractivity contribution in [2.24, 2.45) is 0 Å². The number of amides is 2. The van der Waals surface area contributed by atoms with E-state index in [1.807, 2.05) is 18.2 Å². The molecular weight excluding hydrogens is 357 g/mol. The Bertz CT molecular complexity index is 859. The van der Waals surface area contributed by atoms with Gasteiger partial charge in [0.2, 0.25) is 5.91 Å². The van der Waals surface area contributed by atoms with Crippen LogP contribution in [0.5, 0.6) is 0 Å². The lowest BCUT2D eigenvalue weighted by Crippen LogP contribution is -2.48. The first kappa shape index (κ1) is 19.8. The van der Waals surface area contributed by atoms with E-state index in [4.69, 9.17) is 0 Å². The summed E-state index contributed by atoms with van der Waals surface area (Å²) in [5.74, 6) is -1.08. The number of piperazine rings is 1. The summed E-state index contributed by atoms with van der Waals surface area (Å²) in [7, 11) is 0. The largest absolute Gasteiger partial charge is 0.336 e. The van der Waals surface area contributed by atoms with E-state index in [-0.39, 0.29) is 17.5 Å². The van der Waals surface area contributed by atoms with Gasteiger partial charge < -0.3 is 10.2 Å². The van der Waals surface area contributed by atoms with Crippen LogP contribution >= 0.6 is 0 Å². The lowest BCUT2D eigenvalue weighted by molar-refractivity contribution is -0.114. The fraction of sp³-hybridized carbons (Fsp3) is 0.273. The summed E-state index contributed by atoms with van der Waals surface area (Å²) in [6.07, 6.45) is 4.23. The number of hydrogen-bond donors (Lipinski definition) is 1. The van der Waals surface area contributed by atoms with Crippen molar-refractivity contribution in [3.63, 3.8) is 0 Å². The Labute approximate surface area is 164 Å². The zero-order valence-electron chi connectivity index (χ0n) is 15.9. The molecule has 1 heterocycles. The third-order valence-corrected chi connectivity index (χ3v) is 4.66. The van der Waals surface area contributed by atoms with Gasteiger partial charge in [0.15, 0.2) is 0 Å². The zero-order valence-corrected chi connectivity index (χ0v) is 15.9. The molecule has 1 N–H and O–H groups in total. The Balaban J connectivity index is 1.54. The second-order valence-corrected chi connectivity index (χ2v) is 6.78. The van der Waals surface area contributed by atoms with Crippen molar-refractivity contribution in [1.29, 1.82) is 0 Å². The Hall–Kier alpha value is -2.99. The smallest absolute Gasteiger partial charge is 0.254 e. The minimum atomic E-state index is -0.554. The number of benzene rings is 2. The monoisotopic (exact) mass is 381 g/mol. The quantitative estimate of drug-likeness (QED) is 0.865. The summed E-state index contributed by atoms with van der Waals surface area (Å²) in [6.45, 7) is 4.94. The first-order chi connectivity index (χ1) is 13.5. The van der Waals surface area contributed by atoms with Crippen molar-refractivity contribution in [3.05, 3.63) is 71.6 Å². The van der Waals surface area contributed by atoms with E-state index in [1.54, 1.807) is 4.90 Å². The average Bonchev–Trinajstić information content (AvgIpc) is 2.70. The lowest BCUT2D eigenvalue weighted by atomic mass is 10.1. The van der Waals surface area contributed by atoms with Crippen LogP contribution in [0.3, 0.4) is 0 Å². The van der Waals surface area contributed by atoms with E-state index in [9.17, 15) is 14.0 Å². The molecule has 0 spiro atoms. The van der Waals surface area contributed by atoms with Gasteiger partial charge in [0.1, 0.15) is 5.82 Å². The summed E-state index contributed by atoms with van der Waals surface area (Å²) in [5, 5.41) is 2.41. The number of nitrogens with one attached hydrogen (secondary N) is 1. The highest BCUT2D eigenvalue weighted by molar-refractivity contribution is 5.97. The Morgan fingerprint density at radius 2 is 1.79 bits per heavy atom. The highest BCUT2D eigenvalue weighted by Crippen LogP contribution is 2.18. The van der Waals surface area contributed by atoms with E-state index in [0.29, 0.717) is 18.7 Å². The van der Waals surface area contributed by atoms with Gasteiger partial charge in [-0.25, -0.2) is 4.39 Å². The zero-order chi connectivity index (χ0) is 19.9. The highest BCUT2D eigenvalue weighted by Gasteiger charge is 2.22. The van der Waals surface area contributed by atoms with Crippen LogP contribution in [0.15, 0.2) is 54.6 Å². The van der Waals surface area contributed by atoms with Gasteiger partial charge in [-0.15, -0.1) is 0 Å². The van der Waals surface area contributed by atoms with Crippen LogP contribution in [0.1, 0.15) is 22.8 Å². The van der Waals surface area contributed by atoms with Crippen LogP contribution in [0, 0.1) is 5.82 Å². The molecule has 2 aromatic rings. The minimum Gasteiger partial charge on any atom is -0.336 e. The van der Waals surface area contributed by atoms with Gasteiger partial charge in [-0.1, -0.05) is 42.5 Å². The highest BCUT2D eigenvalue weighted by atomic mass is 19.1. The molecule has 0 radical (unpaired) electrons. The number of hydrogen-bond acceptors (Lipinski definition) is 3. The first-order valence-electron chi connectivity index (χ1n) is 9.33. The topological polar surface area (TPSA) is 52.7 Å². The third kappa shape index (κ3) is 5.27. The molecule has 5 nitrogen and oxygen atoms in total. The molecule has 0 aromatic heterocycles. The van der Waals surface area contributed by atoms with Crippen LogP contribution < -0.4 is 5.32 Å². The van der Waals surface area contributed by atoms with Crippen molar-refractivity contribution in [2.45, 2.75) is 6.92 Å². The summed E-state index contributed by atoms with van der Waals surface area (Å²) in [5.41, 5.74) is 1.58. The van der Waals surface area contributed by atoms with E-state index >= 15 is 0 Å². The van der Waals surface area contributed by atoms with Gasteiger partial charge in [-0.3, -0.25) is 14.5 Å². The molecule has 6 heteroatoms. The molecule has 2 amide bonds. The minimum absolute atomic E-state index is 0.0306. The predicted octanol–water partition coefficient (Wildman–Crippen LogP) is 3.26. The molecule has 0 aliphatic carbocycles. The maximum Gasteiger partial charge on any atom is 0.254 e. The molecular formula is C22H24FN3O2. The van der Waals surface area contributed by atoms with Gasteiger partial charge >= 0.3 is 0 Å². The van der Waals surface area contributed by atoms with Crippen LogP contribution in [0.2, 0.25) is 0 Å². The predicted molar refractivity (Wildman–Crippen MR) is 109 cm³/mol. The van der Waals surface area contributed by atoms with Crippen molar-refractivity contribution in [2.75, 3.05) is 38.0 Å². The molecule has 1 aliphatic rings. The van der Waals surface area contributed by atoms with Gasteiger partial charge in [0.25, 0.3) is 5.91 Å². The van der Waals surface area contributed by atoms with Crippen LogP contribution in [0.4, 0.5) is 10.1 Å². The van der Waals surface area contributed by atoms with Crippen LogP contribution in [-0.4, -0.2) is 54.3 Å². The number of anilines is 1. The van der Waals surface area contributed by atoms with Crippen molar-refractivity contribution in [1.82, 2.24) is 9.80 Å². The number of rotatable bonds is 5. The van der Waals surface area contributed by atoms with Gasteiger partial charge in [-0.2, -0.15) is 0 Å². The molecule has 0 bridgehead atoms. The van der Waals surface area contributed by atoms with Crippen molar-refractivity contribution >= 4 is 23.6 Å². The maximum absolute atomic E-state index is 13.8. The molecule has 2 aromatic carbocycles. The Morgan fingerprint density at radius 3 is 2.46 bits per heavy atom.